The summed E-state index contributed by atoms with van der Waals surface area (Å²) in [6.07, 6.45) is 11.4. The number of nitrogens with zero attached hydrogens (tertiary/aromatic N) is 4. The predicted octanol–water partition coefficient (Wildman–Crippen LogP) is 19.5. The Hall–Kier alpha value is -9.60. The fraction of sp³-hybridized carbons (Fsp3) is 0. The average Bonchev–Trinajstić information content (AvgIpc) is 4.18. The maximum atomic E-state index is 12.9. The van der Waals surface area contributed by atoms with E-state index in [2.05, 4.69) is 155 Å². The van der Waals surface area contributed by atoms with Crippen molar-refractivity contribution in [2.75, 3.05) is 9.80 Å². The van der Waals surface area contributed by atoms with Gasteiger partial charge in [0.2, 0.25) is 0 Å². The van der Waals surface area contributed by atoms with Gasteiger partial charge < -0.3 is 9.80 Å². The molecule has 0 atom stereocenters. The summed E-state index contributed by atoms with van der Waals surface area (Å²) in [5.74, 6) is -0.422. The largest absolute Gasteiger partial charge is 0.806 e. The van der Waals surface area contributed by atoms with Gasteiger partial charge >= 0.3 is 8.25 Å². The maximum absolute atomic E-state index is 12.9. The van der Waals surface area contributed by atoms with Crippen LogP contribution in [0.4, 0.5) is 34.1 Å². The number of allylic oxidation sites excluding steroid dienone is 2. The Morgan fingerprint density at radius 2 is 0.671 bits per heavy atom. The first-order chi connectivity index (χ1) is 37.4. The van der Waals surface area contributed by atoms with Crippen LogP contribution in [0.3, 0.4) is 0 Å². The number of benzene rings is 8. The van der Waals surface area contributed by atoms with E-state index >= 15 is 0 Å². The number of hydrogen-bond donors (Lipinski definition) is 0. The summed E-state index contributed by atoms with van der Waals surface area (Å²) in [7, 11) is -2.88. The Morgan fingerprint density at radius 3 is 0.987 bits per heavy atom. The minimum Gasteiger partial charge on any atom is -0.311 e. The van der Waals surface area contributed by atoms with Crippen LogP contribution < -0.4 is 9.80 Å². The Balaban J connectivity index is 0.715. The van der Waals surface area contributed by atoms with E-state index in [9.17, 15) is 15.1 Å². The van der Waals surface area contributed by atoms with Crippen molar-refractivity contribution in [3.8, 4) is 33.0 Å². The van der Waals surface area contributed by atoms with Gasteiger partial charge in [0.1, 0.15) is 12.1 Å². The van der Waals surface area contributed by atoms with Crippen molar-refractivity contribution in [2.45, 2.75) is 0 Å². The van der Waals surface area contributed by atoms with Gasteiger partial charge in [0.25, 0.3) is 11.5 Å². The number of thiophene rings is 2. The molecule has 2 aromatic heterocycles. The monoisotopic (exact) mass is 1040 g/mol. The van der Waals surface area contributed by atoms with Gasteiger partial charge in [-0.3, -0.25) is 0 Å². The zero-order valence-corrected chi connectivity index (χ0v) is 43.4. The molecule has 0 aliphatic carbocycles. The smallest absolute Gasteiger partial charge is 0.311 e. The minimum absolute atomic E-state index is 0.211. The average molecular weight is 1040 g/mol. The third-order valence-electron chi connectivity index (χ3n) is 12.0. The van der Waals surface area contributed by atoms with Crippen LogP contribution in [0.25, 0.3) is 57.3 Å². The van der Waals surface area contributed by atoms with Crippen LogP contribution in [0.15, 0.2) is 254 Å². The van der Waals surface area contributed by atoms with Gasteiger partial charge in [-0.15, -0.1) is 22.7 Å². The molecule has 10 heteroatoms. The van der Waals surface area contributed by atoms with Gasteiger partial charge in [-0.25, -0.2) is 9.05 Å². The lowest BCUT2D eigenvalue weighted by atomic mass is 10.1. The topological polar surface area (TPSA) is 89.6 Å². The van der Waals surface area contributed by atoms with Gasteiger partial charge in [-0.05, 0) is 143 Å². The quantitative estimate of drug-likeness (QED) is 0.0480. The number of nitriles is 2. The Labute approximate surface area is 452 Å². The standard InChI is InChI=1S/C66H46N4O3PS2/c67-47-61(45-51-21-31-53(32-22-51)65-43-41-63(75-65)39-29-49-25-35-59(36-26-49)69(55-13-5-1-6-14-55)56-15-7-2-8-16-56)72-74(71)73-62(48-68)46-52-23-33-54(34-24-52)66-44-42-64(76-66)40-30-50-27-37-60(38-28-50)70(57-17-9-3-10-18-57)58-19-11-4-12-20-58/h1-46H/q+1. The molecule has 0 aliphatic heterocycles. The molecule has 0 N–H and O–H groups in total. The molecule has 8 aromatic carbocycles. The lowest BCUT2D eigenvalue weighted by Gasteiger charge is -2.25. The first-order valence-corrected chi connectivity index (χ1v) is 27.0. The Morgan fingerprint density at radius 1 is 0.368 bits per heavy atom. The van der Waals surface area contributed by atoms with Gasteiger partial charge in [0.05, 0.1) is 0 Å². The van der Waals surface area contributed by atoms with Gasteiger partial charge in [-0.2, -0.15) is 10.5 Å². The summed E-state index contributed by atoms with van der Waals surface area (Å²) in [5.41, 5.74) is 12.1. The summed E-state index contributed by atoms with van der Waals surface area (Å²) in [6.45, 7) is 0. The summed E-state index contributed by atoms with van der Waals surface area (Å²) < 4.78 is 23.7. The molecule has 2 heterocycles. The first kappa shape index (κ1) is 50.0. The van der Waals surface area contributed by atoms with Crippen LogP contribution in [0.5, 0.6) is 0 Å². The van der Waals surface area contributed by atoms with E-state index in [1.54, 1.807) is 22.7 Å². The third-order valence-corrected chi connectivity index (χ3v) is 14.9. The van der Waals surface area contributed by atoms with Gasteiger partial charge in [0, 0.05) is 70.3 Å². The highest BCUT2D eigenvalue weighted by atomic mass is 32.1. The Bertz CT molecular complexity index is 3440. The molecule has 0 bridgehead atoms. The van der Waals surface area contributed by atoms with Crippen molar-refractivity contribution in [1.82, 2.24) is 0 Å². The van der Waals surface area contributed by atoms with Crippen molar-refractivity contribution in [3.63, 3.8) is 0 Å². The predicted molar refractivity (Wildman–Crippen MR) is 317 cm³/mol. The molecule has 7 nitrogen and oxygen atoms in total. The lowest BCUT2D eigenvalue weighted by Crippen LogP contribution is -2.09. The molecule has 364 valence electrons. The highest BCUT2D eigenvalue weighted by Crippen LogP contribution is 2.38. The van der Waals surface area contributed by atoms with Crippen molar-refractivity contribution >= 4 is 102 Å². The van der Waals surface area contributed by atoms with Crippen LogP contribution in [0.2, 0.25) is 0 Å². The van der Waals surface area contributed by atoms with E-state index < -0.39 is 8.25 Å². The normalized spacial score (nSPS) is 11.7. The van der Waals surface area contributed by atoms with Crippen molar-refractivity contribution in [1.29, 1.82) is 10.5 Å². The molecular weight excluding hydrogens is 992 g/mol. The van der Waals surface area contributed by atoms with Gasteiger partial charge in [-0.1, -0.05) is 158 Å². The SMILES string of the molecule is N#CC(=Cc1ccc(-c2ccc(C=Cc3ccc(N(c4ccccc4)c4ccccc4)cc3)s2)cc1)O[P+](=O)OC(C#N)=Cc1ccc(-c2ccc(C=Cc3ccc(N(c4ccccc4)c4ccccc4)cc3)s2)cc1. The molecule has 0 fully saturated rings. The molecule has 10 rings (SSSR count). The molecule has 0 saturated carbocycles. The third kappa shape index (κ3) is 12.8. The van der Waals surface area contributed by atoms with Gasteiger partial charge in [0.15, 0.2) is 0 Å². The van der Waals surface area contributed by atoms with Crippen LogP contribution >= 0.6 is 30.9 Å². The summed E-state index contributed by atoms with van der Waals surface area (Å²) in [5, 5.41) is 19.7. The highest BCUT2D eigenvalue weighted by molar-refractivity contribution is 7.33. The fourth-order valence-corrected chi connectivity index (χ4v) is 10.7. The number of para-hydroxylation sites is 4. The van der Waals surface area contributed by atoms with Crippen LogP contribution in [0.1, 0.15) is 32.0 Å². The molecule has 0 spiro atoms. The molecular formula is C66H46N4O3PS2+. The fourth-order valence-electron chi connectivity index (χ4n) is 8.35. The van der Waals surface area contributed by atoms with Crippen LogP contribution in [-0.2, 0) is 13.6 Å². The molecule has 76 heavy (non-hydrogen) atoms. The van der Waals surface area contributed by atoms with E-state index in [-0.39, 0.29) is 11.5 Å². The van der Waals surface area contributed by atoms with E-state index in [4.69, 9.17) is 9.05 Å². The Kier molecular flexibility index (Phi) is 16.0. The molecule has 0 aliphatic rings. The zero-order chi connectivity index (χ0) is 51.9. The number of anilines is 6. The molecule has 10 aromatic rings. The van der Waals surface area contributed by atoms with Crippen LogP contribution in [0, 0.1) is 22.7 Å². The first-order valence-electron chi connectivity index (χ1n) is 24.3. The van der Waals surface area contributed by atoms with E-state index in [1.807, 2.05) is 133 Å². The number of rotatable bonds is 18. The van der Waals surface area contributed by atoms with Crippen molar-refractivity contribution in [2.24, 2.45) is 0 Å². The highest BCUT2D eigenvalue weighted by Gasteiger charge is 2.27. The second-order valence-electron chi connectivity index (χ2n) is 17.2. The molecule has 0 radical (unpaired) electrons. The second kappa shape index (κ2) is 24.4. The number of hydrogen-bond acceptors (Lipinski definition) is 9. The molecule has 0 unspecified atom stereocenters. The lowest BCUT2D eigenvalue weighted by molar-refractivity contribution is 0.335. The summed E-state index contributed by atoms with van der Waals surface area (Å²) in [4.78, 5) is 8.87. The van der Waals surface area contributed by atoms with Crippen LogP contribution in [-0.4, -0.2) is 0 Å². The summed E-state index contributed by atoms with van der Waals surface area (Å²) >= 11 is 3.35. The van der Waals surface area contributed by atoms with E-state index in [1.165, 1.54) is 12.2 Å². The second-order valence-corrected chi connectivity index (χ2v) is 20.2. The molecule has 0 saturated heterocycles. The van der Waals surface area contributed by atoms with E-state index in [0.29, 0.717) is 11.1 Å². The summed E-state index contributed by atoms with van der Waals surface area (Å²) in [6, 6.07) is 86.0. The zero-order valence-electron chi connectivity index (χ0n) is 40.8. The maximum Gasteiger partial charge on any atom is 0.806 e. The molecule has 0 amide bonds. The van der Waals surface area contributed by atoms with Crippen molar-refractivity contribution < 1.29 is 13.6 Å². The van der Waals surface area contributed by atoms with E-state index in [0.717, 1.165) is 75.9 Å². The van der Waals surface area contributed by atoms with Crippen molar-refractivity contribution in [3.05, 3.63) is 286 Å². The minimum atomic E-state index is -2.88.